The van der Waals surface area contributed by atoms with Crippen LogP contribution in [-0.4, -0.2) is 47.1 Å². The molecule has 0 aliphatic carbocycles. The average molecular weight is 655 g/mol. The van der Waals surface area contributed by atoms with E-state index in [2.05, 4.69) is 17.6 Å². The zero-order valence-electron chi connectivity index (χ0n) is 27.2. The van der Waals surface area contributed by atoms with Crippen molar-refractivity contribution in [3.63, 3.8) is 0 Å². The van der Waals surface area contributed by atoms with E-state index in [0.29, 0.717) is 28.1 Å². The number of benzene rings is 4. The number of hydrogen-bond acceptors (Lipinski definition) is 7. The molecule has 0 heterocycles. The Morgan fingerprint density at radius 3 is 2.04 bits per heavy atom. The van der Waals surface area contributed by atoms with Crippen LogP contribution >= 0.6 is 0 Å². The van der Waals surface area contributed by atoms with Gasteiger partial charge in [0.05, 0.1) is 18.6 Å². The van der Waals surface area contributed by atoms with Crippen molar-refractivity contribution >= 4 is 29.4 Å². The second-order valence-corrected chi connectivity index (χ2v) is 11.0. The molecule has 10 nitrogen and oxygen atoms in total. The van der Waals surface area contributed by atoms with Gasteiger partial charge in [0.1, 0.15) is 23.8 Å². The smallest absolute Gasteiger partial charge is 0.343 e. The molecule has 252 valence electrons. The van der Waals surface area contributed by atoms with E-state index >= 15 is 0 Å². The fourth-order valence-corrected chi connectivity index (χ4v) is 4.38. The Morgan fingerprint density at radius 1 is 0.750 bits per heavy atom. The van der Waals surface area contributed by atoms with Gasteiger partial charge >= 0.3 is 11.9 Å². The van der Waals surface area contributed by atoms with Gasteiger partial charge in [-0.15, -0.1) is 0 Å². The molecule has 0 radical (unpaired) electrons. The summed E-state index contributed by atoms with van der Waals surface area (Å²) in [7, 11) is 0. The van der Waals surface area contributed by atoms with E-state index in [4.69, 9.17) is 14.6 Å². The van der Waals surface area contributed by atoms with Gasteiger partial charge in [-0.25, -0.2) is 4.79 Å². The van der Waals surface area contributed by atoms with Gasteiger partial charge in [0, 0.05) is 11.3 Å². The van der Waals surface area contributed by atoms with Crippen LogP contribution < -0.4 is 20.1 Å². The minimum Gasteiger partial charge on any atom is -0.508 e. The van der Waals surface area contributed by atoms with Gasteiger partial charge in [-0.05, 0) is 91.7 Å². The molecule has 0 bridgehead atoms. The number of phenols is 1. The summed E-state index contributed by atoms with van der Waals surface area (Å²) < 4.78 is 11.1. The van der Waals surface area contributed by atoms with E-state index in [-0.39, 0.29) is 24.0 Å². The van der Waals surface area contributed by atoms with Crippen LogP contribution in [0.3, 0.4) is 0 Å². The summed E-state index contributed by atoms with van der Waals surface area (Å²) in [6.45, 7) is 4.47. The minimum absolute atomic E-state index is 0.0945. The quantitative estimate of drug-likeness (QED) is 0.0611. The second-order valence-electron chi connectivity index (χ2n) is 11.0. The molecule has 2 amide bonds. The van der Waals surface area contributed by atoms with E-state index in [1.54, 1.807) is 48.5 Å². The Labute approximate surface area is 280 Å². The van der Waals surface area contributed by atoms with Crippen molar-refractivity contribution in [1.29, 1.82) is 0 Å². The van der Waals surface area contributed by atoms with E-state index in [1.807, 2.05) is 31.2 Å². The van der Waals surface area contributed by atoms with Crippen molar-refractivity contribution in [3.8, 4) is 17.2 Å². The number of carboxylic acid groups (broad SMARTS) is 1. The zero-order valence-corrected chi connectivity index (χ0v) is 27.2. The number of rotatable bonds is 15. The number of unbranched alkanes of at least 4 members (excludes halogenated alkanes) is 4. The third-order valence-corrected chi connectivity index (χ3v) is 6.94. The summed E-state index contributed by atoms with van der Waals surface area (Å²) in [4.78, 5) is 46.1. The monoisotopic (exact) mass is 654 g/mol. The summed E-state index contributed by atoms with van der Waals surface area (Å²) in [6, 6.07) is 27.0. The summed E-state index contributed by atoms with van der Waals surface area (Å²) >= 11 is 0. The van der Waals surface area contributed by atoms with Crippen LogP contribution in [-0.2, 0) is 16.0 Å². The molecule has 10 heteroatoms. The van der Waals surface area contributed by atoms with E-state index in [9.17, 15) is 24.3 Å². The van der Waals surface area contributed by atoms with E-state index in [0.717, 1.165) is 24.3 Å². The summed E-state index contributed by atoms with van der Waals surface area (Å²) in [5, 5.41) is 22.8. The number of anilines is 1. The lowest BCUT2D eigenvalue weighted by molar-refractivity contribution is -0.135. The standard InChI is InChI=1S/C21H26O3.C17H16N2O5/c1-3-4-5-6-7-16-23-19-14-10-18(11-15-19)21(22)24-20-12-8-17(2)9-13-20;20-14-3-1-2-11(8-14)9-15(21)19-13-6-4-12(5-7-13)17(24)18-10-16(22)23/h8-15H,3-7,16H2,1-2H3;1-8,20H,9-10H2,(H,18,24)(H,19,21)(H,22,23). The second kappa shape index (κ2) is 19.8. The average Bonchev–Trinajstić information content (AvgIpc) is 3.07. The van der Waals surface area contributed by atoms with Crippen molar-refractivity contribution in [2.45, 2.75) is 52.4 Å². The SMILES string of the molecule is CCCCCCCOc1ccc(C(=O)Oc2ccc(C)cc2)cc1.O=C(O)CNC(=O)c1ccc(NC(=O)Cc2cccc(O)c2)cc1. The molecule has 0 atom stereocenters. The maximum absolute atomic E-state index is 12.1. The number of nitrogens with one attached hydrogen (secondary N) is 2. The Hall–Kier alpha value is -5.64. The molecule has 4 aromatic carbocycles. The largest absolute Gasteiger partial charge is 0.508 e. The highest BCUT2D eigenvalue weighted by molar-refractivity contribution is 5.97. The first kappa shape index (κ1) is 36.8. The topological polar surface area (TPSA) is 151 Å². The lowest BCUT2D eigenvalue weighted by Crippen LogP contribution is -2.29. The maximum Gasteiger partial charge on any atom is 0.343 e. The lowest BCUT2D eigenvalue weighted by Gasteiger charge is -2.08. The normalized spacial score (nSPS) is 10.2. The number of carbonyl (C=O) groups is 4. The third kappa shape index (κ3) is 13.8. The van der Waals surface area contributed by atoms with Crippen LogP contribution in [0.5, 0.6) is 17.2 Å². The molecule has 0 saturated heterocycles. The Morgan fingerprint density at radius 2 is 1.40 bits per heavy atom. The Kier molecular flexibility index (Phi) is 15.2. The summed E-state index contributed by atoms with van der Waals surface area (Å²) in [6.07, 6.45) is 6.18. The molecule has 4 rings (SSSR count). The van der Waals surface area contributed by atoms with Gasteiger partial charge in [-0.1, -0.05) is 62.4 Å². The molecule has 0 spiro atoms. The van der Waals surface area contributed by atoms with Crippen LogP contribution in [0.15, 0.2) is 97.1 Å². The van der Waals surface area contributed by atoms with Crippen molar-refractivity contribution < 1.29 is 38.9 Å². The number of aliphatic carboxylic acids is 1. The molecule has 4 aromatic rings. The molecule has 48 heavy (non-hydrogen) atoms. The summed E-state index contributed by atoms with van der Waals surface area (Å²) in [5.74, 6) is -0.810. The highest BCUT2D eigenvalue weighted by atomic mass is 16.5. The number of phenolic OH excluding ortho intramolecular Hbond substituents is 1. The molecule has 4 N–H and O–H groups in total. The first-order valence-electron chi connectivity index (χ1n) is 15.8. The lowest BCUT2D eigenvalue weighted by atomic mass is 10.1. The van der Waals surface area contributed by atoms with Gasteiger partial charge in [0.25, 0.3) is 5.91 Å². The fourth-order valence-electron chi connectivity index (χ4n) is 4.38. The van der Waals surface area contributed by atoms with Gasteiger partial charge in [-0.3, -0.25) is 14.4 Å². The van der Waals surface area contributed by atoms with Crippen LogP contribution in [0.4, 0.5) is 5.69 Å². The van der Waals surface area contributed by atoms with Gasteiger partial charge in [-0.2, -0.15) is 0 Å². The number of carbonyl (C=O) groups excluding carboxylic acids is 3. The van der Waals surface area contributed by atoms with E-state index < -0.39 is 18.4 Å². The van der Waals surface area contributed by atoms with Crippen molar-refractivity contribution in [2.75, 3.05) is 18.5 Å². The molecule has 0 fully saturated rings. The first-order chi connectivity index (χ1) is 23.1. The highest BCUT2D eigenvalue weighted by Crippen LogP contribution is 2.17. The Bertz CT molecular complexity index is 1620. The maximum atomic E-state index is 12.1. The van der Waals surface area contributed by atoms with Crippen molar-refractivity contribution in [1.82, 2.24) is 5.32 Å². The van der Waals surface area contributed by atoms with Crippen LogP contribution in [0.2, 0.25) is 0 Å². The number of ether oxygens (including phenoxy) is 2. The summed E-state index contributed by atoms with van der Waals surface area (Å²) in [5.41, 5.74) is 3.13. The Balaban J connectivity index is 0.000000260. The van der Waals surface area contributed by atoms with Gasteiger partial charge in [0.15, 0.2) is 0 Å². The zero-order chi connectivity index (χ0) is 34.7. The molecular weight excluding hydrogens is 612 g/mol. The molecular formula is C38H42N2O8. The third-order valence-electron chi connectivity index (χ3n) is 6.94. The predicted octanol–water partition coefficient (Wildman–Crippen LogP) is 6.95. The van der Waals surface area contributed by atoms with Crippen molar-refractivity contribution in [3.05, 3.63) is 119 Å². The van der Waals surface area contributed by atoms with E-state index in [1.165, 1.54) is 49.9 Å². The molecule has 0 aromatic heterocycles. The van der Waals surface area contributed by atoms with Gasteiger partial charge < -0.3 is 30.3 Å². The fraction of sp³-hybridized carbons (Fsp3) is 0.263. The van der Waals surface area contributed by atoms with Gasteiger partial charge in [0.2, 0.25) is 5.91 Å². The van der Waals surface area contributed by atoms with Crippen LogP contribution in [0.1, 0.15) is 70.9 Å². The predicted molar refractivity (Wildman–Crippen MR) is 184 cm³/mol. The molecule has 0 saturated carbocycles. The number of aromatic hydroxyl groups is 1. The number of esters is 1. The number of carboxylic acids is 1. The number of hydrogen-bond donors (Lipinski definition) is 4. The molecule has 0 unspecified atom stereocenters. The minimum atomic E-state index is -1.13. The molecule has 0 aliphatic heterocycles. The molecule has 0 aliphatic rings. The number of aryl methyl sites for hydroxylation is 1. The van der Waals surface area contributed by atoms with Crippen LogP contribution in [0, 0.1) is 6.92 Å². The highest BCUT2D eigenvalue weighted by Gasteiger charge is 2.10. The van der Waals surface area contributed by atoms with Crippen molar-refractivity contribution in [2.24, 2.45) is 0 Å². The number of amides is 2. The first-order valence-corrected chi connectivity index (χ1v) is 15.8. The van der Waals surface area contributed by atoms with Crippen LogP contribution in [0.25, 0.3) is 0 Å².